The van der Waals surface area contributed by atoms with E-state index in [4.69, 9.17) is 23.2 Å². The molecule has 1 N–H and O–H groups in total. The van der Waals surface area contributed by atoms with E-state index < -0.39 is 6.04 Å². The molecule has 0 aromatic heterocycles. The second kappa shape index (κ2) is 13.5. The zero-order valence-corrected chi connectivity index (χ0v) is 23.7. The summed E-state index contributed by atoms with van der Waals surface area (Å²) in [5, 5.41) is 4.12. The van der Waals surface area contributed by atoms with Crippen LogP contribution >= 0.6 is 39.1 Å². The van der Waals surface area contributed by atoms with Gasteiger partial charge in [-0.25, -0.2) is 0 Å². The smallest absolute Gasteiger partial charge is 0.243 e. The van der Waals surface area contributed by atoms with E-state index in [2.05, 4.69) is 21.2 Å². The first kappa shape index (κ1) is 27.7. The fourth-order valence-electron chi connectivity index (χ4n) is 4.81. The first-order chi connectivity index (χ1) is 17.9. The fourth-order valence-corrected chi connectivity index (χ4v) is 5.40. The number of amides is 2. The van der Waals surface area contributed by atoms with Crippen LogP contribution in [0, 0.1) is 0 Å². The summed E-state index contributed by atoms with van der Waals surface area (Å²) in [7, 11) is 0. The van der Waals surface area contributed by atoms with Crippen LogP contribution in [0.25, 0.3) is 0 Å². The summed E-state index contributed by atoms with van der Waals surface area (Å²) in [6.07, 6.45) is 5.96. The molecular formula is C30H31BrCl2N2O2. The van der Waals surface area contributed by atoms with Crippen LogP contribution in [0.15, 0.2) is 77.3 Å². The molecule has 1 saturated carbocycles. The van der Waals surface area contributed by atoms with Crippen LogP contribution in [-0.4, -0.2) is 28.8 Å². The van der Waals surface area contributed by atoms with Gasteiger partial charge in [-0.1, -0.05) is 107 Å². The highest BCUT2D eigenvalue weighted by Gasteiger charge is 2.32. The molecule has 0 saturated heterocycles. The lowest BCUT2D eigenvalue weighted by Crippen LogP contribution is -2.53. The van der Waals surface area contributed by atoms with Crippen LogP contribution < -0.4 is 5.32 Å². The molecule has 194 valence electrons. The number of halogens is 3. The molecule has 0 unspecified atom stereocenters. The van der Waals surface area contributed by atoms with Gasteiger partial charge in [-0.3, -0.25) is 9.59 Å². The molecule has 4 rings (SSSR count). The Labute approximate surface area is 237 Å². The maximum atomic E-state index is 13.9. The van der Waals surface area contributed by atoms with Crippen molar-refractivity contribution in [2.24, 2.45) is 0 Å². The van der Waals surface area contributed by atoms with Crippen molar-refractivity contribution in [1.82, 2.24) is 10.2 Å². The number of benzene rings is 3. The van der Waals surface area contributed by atoms with Crippen LogP contribution in [0.4, 0.5) is 0 Å². The SMILES string of the molecule is O=C(NC1CCCCC1)[C@H](Cc1ccccc1)N(Cc1ccc(Br)cc1)C(=O)Cc1ccc(Cl)c(Cl)c1. The molecule has 7 heteroatoms. The minimum absolute atomic E-state index is 0.102. The number of carbonyl (C=O) groups is 2. The molecule has 1 fully saturated rings. The Morgan fingerprint density at radius 1 is 0.865 bits per heavy atom. The Bertz CT molecular complexity index is 1200. The van der Waals surface area contributed by atoms with Crippen LogP contribution in [0.1, 0.15) is 48.8 Å². The van der Waals surface area contributed by atoms with Crippen LogP contribution in [0.5, 0.6) is 0 Å². The van der Waals surface area contributed by atoms with E-state index in [-0.39, 0.29) is 24.3 Å². The van der Waals surface area contributed by atoms with Gasteiger partial charge in [0.25, 0.3) is 0 Å². The molecule has 0 aliphatic heterocycles. The number of rotatable bonds is 9. The highest BCUT2D eigenvalue weighted by molar-refractivity contribution is 9.10. The Morgan fingerprint density at radius 3 is 2.22 bits per heavy atom. The normalized spacial score (nSPS) is 14.7. The maximum Gasteiger partial charge on any atom is 0.243 e. The number of nitrogens with one attached hydrogen (secondary N) is 1. The third-order valence-corrected chi connectivity index (χ3v) is 8.10. The summed E-state index contributed by atoms with van der Waals surface area (Å²) in [5.74, 6) is -0.239. The first-order valence-corrected chi connectivity index (χ1v) is 14.3. The Balaban J connectivity index is 1.65. The third-order valence-electron chi connectivity index (χ3n) is 6.83. The summed E-state index contributed by atoms with van der Waals surface area (Å²) >= 11 is 15.8. The van der Waals surface area contributed by atoms with Crippen molar-refractivity contribution < 1.29 is 9.59 Å². The average molecular weight is 602 g/mol. The van der Waals surface area contributed by atoms with E-state index in [0.29, 0.717) is 23.0 Å². The lowest BCUT2D eigenvalue weighted by atomic mass is 9.94. The number of carbonyl (C=O) groups excluding carboxylic acids is 2. The van der Waals surface area contributed by atoms with E-state index in [0.717, 1.165) is 46.8 Å². The van der Waals surface area contributed by atoms with E-state index in [9.17, 15) is 9.59 Å². The van der Waals surface area contributed by atoms with Crippen molar-refractivity contribution in [2.45, 2.75) is 63.6 Å². The molecule has 0 bridgehead atoms. The highest BCUT2D eigenvalue weighted by atomic mass is 79.9. The zero-order valence-electron chi connectivity index (χ0n) is 20.6. The summed E-state index contributed by atoms with van der Waals surface area (Å²) < 4.78 is 0.959. The van der Waals surface area contributed by atoms with Crippen molar-refractivity contribution in [2.75, 3.05) is 0 Å². The fraction of sp³-hybridized carbons (Fsp3) is 0.333. The predicted octanol–water partition coefficient (Wildman–Crippen LogP) is 7.39. The lowest BCUT2D eigenvalue weighted by molar-refractivity contribution is -0.141. The number of hydrogen-bond acceptors (Lipinski definition) is 2. The quantitative estimate of drug-likeness (QED) is 0.278. The molecule has 0 spiro atoms. The monoisotopic (exact) mass is 600 g/mol. The number of nitrogens with zero attached hydrogens (tertiary/aromatic N) is 1. The van der Waals surface area contributed by atoms with Crippen molar-refractivity contribution in [3.05, 3.63) is 104 Å². The van der Waals surface area contributed by atoms with Gasteiger partial charge in [0.2, 0.25) is 11.8 Å². The molecule has 3 aromatic rings. The summed E-state index contributed by atoms with van der Waals surface area (Å²) in [5.41, 5.74) is 2.72. The number of hydrogen-bond donors (Lipinski definition) is 1. The molecule has 0 heterocycles. The molecule has 4 nitrogen and oxygen atoms in total. The van der Waals surface area contributed by atoms with Gasteiger partial charge >= 0.3 is 0 Å². The second-order valence-corrected chi connectivity index (χ2v) is 11.4. The van der Waals surface area contributed by atoms with Gasteiger partial charge < -0.3 is 10.2 Å². The molecule has 0 radical (unpaired) electrons. The average Bonchev–Trinajstić information content (AvgIpc) is 2.90. The summed E-state index contributed by atoms with van der Waals surface area (Å²) in [6, 6.07) is 22.4. The summed E-state index contributed by atoms with van der Waals surface area (Å²) in [4.78, 5) is 29.4. The van der Waals surface area contributed by atoms with Crippen molar-refractivity contribution in [1.29, 1.82) is 0 Å². The van der Waals surface area contributed by atoms with Crippen LogP contribution in [-0.2, 0) is 29.0 Å². The van der Waals surface area contributed by atoms with Crippen LogP contribution in [0.2, 0.25) is 10.0 Å². The van der Waals surface area contributed by atoms with Gasteiger partial charge in [0, 0.05) is 23.5 Å². The Kier molecular flexibility index (Phi) is 10.1. The van der Waals surface area contributed by atoms with Crippen molar-refractivity contribution in [3.8, 4) is 0 Å². The molecule has 1 aliphatic carbocycles. The molecule has 1 aliphatic rings. The van der Waals surface area contributed by atoms with E-state index in [1.165, 1.54) is 6.42 Å². The van der Waals surface area contributed by atoms with Gasteiger partial charge in [-0.2, -0.15) is 0 Å². The van der Waals surface area contributed by atoms with Gasteiger partial charge in [-0.05, 0) is 53.8 Å². The minimum atomic E-state index is -0.650. The minimum Gasteiger partial charge on any atom is -0.352 e. The predicted molar refractivity (Wildman–Crippen MR) is 154 cm³/mol. The van der Waals surface area contributed by atoms with E-state index >= 15 is 0 Å². The van der Waals surface area contributed by atoms with Gasteiger partial charge in [0.15, 0.2) is 0 Å². The topological polar surface area (TPSA) is 49.4 Å². The van der Waals surface area contributed by atoms with E-state index in [1.807, 2.05) is 54.6 Å². The molecular weight excluding hydrogens is 571 g/mol. The van der Waals surface area contributed by atoms with Gasteiger partial charge in [0.05, 0.1) is 16.5 Å². The largest absolute Gasteiger partial charge is 0.352 e. The van der Waals surface area contributed by atoms with Crippen LogP contribution in [0.3, 0.4) is 0 Å². The molecule has 1 atom stereocenters. The summed E-state index contributed by atoms with van der Waals surface area (Å²) in [6.45, 7) is 0.322. The standard InChI is InChI=1S/C30H31BrCl2N2O2/c31-24-14-11-22(12-15-24)20-35(29(36)19-23-13-16-26(32)27(33)17-23)28(18-21-7-3-1-4-8-21)30(37)34-25-9-5-2-6-10-25/h1,3-4,7-8,11-17,25,28H,2,5-6,9-10,18-20H2,(H,34,37)/t28-/m0/s1. The highest BCUT2D eigenvalue weighted by Crippen LogP contribution is 2.25. The molecule has 2 amide bonds. The van der Waals surface area contributed by atoms with Crippen molar-refractivity contribution in [3.63, 3.8) is 0 Å². The zero-order chi connectivity index (χ0) is 26.2. The first-order valence-electron chi connectivity index (χ1n) is 12.7. The maximum absolute atomic E-state index is 13.9. The third kappa shape index (κ3) is 8.07. The van der Waals surface area contributed by atoms with Gasteiger partial charge in [0.1, 0.15) is 6.04 Å². The van der Waals surface area contributed by atoms with E-state index in [1.54, 1.807) is 23.1 Å². The van der Waals surface area contributed by atoms with Gasteiger partial charge in [-0.15, -0.1) is 0 Å². The van der Waals surface area contributed by atoms with Crippen molar-refractivity contribution >= 4 is 50.9 Å². The Hall–Kier alpha value is -2.34. The molecule has 37 heavy (non-hydrogen) atoms. The lowest BCUT2D eigenvalue weighted by Gasteiger charge is -2.33. The molecule has 3 aromatic carbocycles. The Morgan fingerprint density at radius 2 is 1.54 bits per heavy atom. The second-order valence-electron chi connectivity index (χ2n) is 9.62.